The normalized spacial score (nSPS) is 25.4. The van der Waals surface area contributed by atoms with Crippen LogP contribution in [-0.4, -0.2) is 36.7 Å². The van der Waals surface area contributed by atoms with Gasteiger partial charge in [-0.15, -0.1) is 0 Å². The largest absolute Gasteiger partial charge is 0.445 e. The van der Waals surface area contributed by atoms with Crippen molar-refractivity contribution in [2.24, 2.45) is 11.8 Å². The summed E-state index contributed by atoms with van der Waals surface area (Å²) in [5.41, 5.74) is 0.751. The first-order valence-corrected chi connectivity index (χ1v) is 9.74. The van der Waals surface area contributed by atoms with Gasteiger partial charge in [0.25, 0.3) is 0 Å². The van der Waals surface area contributed by atoms with Gasteiger partial charge in [0.05, 0.1) is 5.54 Å². The molecule has 0 saturated carbocycles. The number of nitrogens with one attached hydrogen (secondary N) is 1. The van der Waals surface area contributed by atoms with Crippen molar-refractivity contribution in [1.29, 1.82) is 0 Å². The number of fused-ring (bicyclic) bond motifs is 3. The number of rotatable bonds is 5. The van der Waals surface area contributed by atoms with Gasteiger partial charge in [-0.2, -0.15) is 0 Å². The fourth-order valence-corrected chi connectivity index (χ4v) is 4.18. The number of piperidine rings is 3. The van der Waals surface area contributed by atoms with Gasteiger partial charge in [0.1, 0.15) is 11.9 Å². The second-order valence-electron chi connectivity index (χ2n) is 8.74. The topological polar surface area (TPSA) is 41.6 Å². The minimum absolute atomic E-state index is 0.0505. The van der Waals surface area contributed by atoms with Crippen LogP contribution in [0.1, 0.15) is 51.7 Å². The third-order valence-electron chi connectivity index (χ3n) is 5.62. The van der Waals surface area contributed by atoms with Gasteiger partial charge in [0.15, 0.2) is 0 Å². The van der Waals surface area contributed by atoms with Crippen LogP contribution in [0.15, 0.2) is 18.2 Å². The van der Waals surface area contributed by atoms with Crippen molar-refractivity contribution in [3.63, 3.8) is 0 Å². The second-order valence-corrected chi connectivity index (χ2v) is 8.74. The summed E-state index contributed by atoms with van der Waals surface area (Å²) in [5.74, 6) is 0.650. The Labute approximate surface area is 156 Å². The van der Waals surface area contributed by atoms with Gasteiger partial charge in [0.2, 0.25) is 0 Å². The average Bonchev–Trinajstić information content (AvgIpc) is 2.56. The zero-order valence-electron chi connectivity index (χ0n) is 16.3. The number of amides is 1. The maximum absolute atomic E-state index is 14.4. The van der Waals surface area contributed by atoms with Gasteiger partial charge in [-0.1, -0.05) is 26.0 Å². The molecule has 0 aliphatic carbocycles. The number of hydrogen-bond donors (Lipinski definition) is 1. The Balaban J connectivity index is 1.67. The first-order valence-electron chi connectivity index (χ1n) is 9.74. The summed E-state index contributed by atoms with van der Waals surface area (Å²) in [6.07, 6.45) is 2.56. The van der Waals surface area contributed by atoms with Crippen molar-refractivity contribution >= 4 is 6.09 Å². The predicted octanol–water partition coefficient (Wildman–Crippen LogP) is 4.08. The fourth-order valence-electron chi connectivity index (χ4n) is 4.18. The molecule has 0 radical (unpaired) electrons. The Morgan fingerprint density at radius 2 is 2.04 bits per heavy atom. The van der Waals surface area contributed by atoms with Crippen molar-refractivity contribution in [2.45, 2.75) is 58.6 Å². The molecule has 0 spiro atoms. The molecule has 3 aliphatic rings. The minimum atomic E-state index is -0.831. The van der Waals surface area contributed by atoms with Crippen LogP contribution >= 0.6 is 0 Å². The highest BCUT2D eigenvalue weighted by atomic mass is 19.1. The van der Waals surface area contributed by atoms with Crippen LogP contribution in [0.2, 0.25) is 0 Å². The maximum atomic E-state index is 14.4. The standard InChI is InChI=1S/C21H31FN2O2/c1-14(2)11-15-5-6-18(22)17(12-15)21(3,4)23-20(25)26-19-13-24-9-7-16(19)8-10-24/h5-6,12,14,16,19H,7-11,13H2,1-4H3,(H,23,25). The number of nitrogens with zero attached hydrogens (tertiary/aromatic N) is 1. The summed E-state index contributed by atoms with van der Waals surface area (Å²) in [4.78, 5) is 14.8. The Morgan fingerprint density at radius 3 is 2.62 bits per heavy atom. The lowest BCUT2D eigenvalue weighted by atomic mass is 9.86. The van der Waals surface area contributed by atoms with Gasteiger partial charge >= 0.3 is 6.09 Å². The highest BCUT2D eigenvalue weighted by Gasteiger charge is 2.37. The van der Waals surface area contributed by atoms with Gasteiger partial charge in [-0.25, -0.2) is 9.18 Å². The molecule has 1 atom stereocenters. The molecule has 2 bridgehead atoms. The SMILES string of the molecule is CC(C)Cc1ccc(F)c(C(C)(C)NC(=O)OC2CN3CCC2CC3)c1. The molecule has 3 heterocycles. The Hall–Kier alpha value is -1.62. The zero-order chi connectivity index (χ0) is 18.9. The molecule has 1 N–H and O–H groups in total. The smallest absolute Gasteiger partial charge is 0.408 e. The number of ether oxygens (including phenoxy) is 1. The molecule has 5 heteroatoms. The number of benzene rings is 1. The third-order valence-corrected chi connectivity index (χ3v) is 5.62. The van der Waals surface area contributed by atoms with Crippen molar-refractivity contribution in [2.75, 3.05) is 19.6 Å². The van der Waals surface area contributed by atoms with Crippen LogP contribution < -0.4 is 5.32 Å². The third kappa shape index (κ3) is 4.37. The summed E-state index contributed by atoms with van der Waals surface area (Å²) in [6, 6.07) is 5.18. The number of halogens is 1. The van der Waals surface area contributed by atoms with Crippen LogP contribution in [0.3, 0.4) is 0 Å². The first kappa shape index (κ1) is 19.2. The Bertz CT molecular complexity index is 651. The molecule has 4 nitrogen and oxygen atoms in total. The van der Waals surface area contributed by atoms with E-state index in [9.17, 15) is 9.18 Å². The lowest BCUT2D eigenvalue weighted by Crippen LogP contribution is -2.53. The quantitative estimate of drug-likeness (QED) is 0.858. The molecule has 0 aromatic heterocycles. The molecule has 26 heavy (non-hydrogen) atoms. The predicted molar refractivity (Wildman–Crippen MR) is 101 cm³/mol. The molecule has 1 aromatic carbocycles. The van der Waals surface area contributed by atoms with Crippen LogP contribution in [0.25, 0.3) is 0 Å². The average molecular weight is 362 g/mol. The van der Waals surface area contributed by atoms with E-state index in [4.69, 9.17) is 4.74 Å². The van der Waals surface area contributed by atoms with E-state index in [0.29, 0.717) is 17.4 Å². The molecule has 3 aliphatic heterocycles. The van der Waals surface area contributed by atoms with E-state index in [1.165, 1.54) is 6.07 Å². The lowest BCUT2D eigenvalue weighted by molar-refractivity contribution is -0.0350. The summed E-state index contributed by atoms with van der Waals surface area (Å²) >= 11 is 0. The van der Waals surface area contributed by atoms with E-state index >= 15 is 0 Å². The molecular weight excluding hydrogens is 331 g/mol. The molecule has 1 unspecified atom stereocenters. The van der Waals surface area contributed by atoms with Crippen LogP contribution in [-0.2, 0) is 16.7 Å². The highest BCUT2D eigenvalue weighted by molar-refractivity contribution is 5.69. The van der Waals surface area contributed by atoms with Crippen molar-refractivity contribution in [1.82, 2.24) is 10.2 Å². The molecule has 144 valence electrons. The molecule has 3 fully saturated rings. The van der Waals surface area contributed by atoms with Crippen LogP contribution in [0.5, 0.6) is 0 Å². The summed E-state index contributed by atoms with van der Waals surface area (Å²) in [5, 5.41) is 2.88. The zero-order valence-corrected chi connectivity index (χ0v) is 16.3. The Morgan fingerprint density at radius 1 is 1.35 bits per heavy atom. The number of carbonyl (C=O) groups excluding carboxylic acids is 1. The number of carbonyl (C=O) groups is 1. The maximum Gasteiger partial charge on any atom is 0.408 e. The molecule has 1 aromatic rings. The lowest BCUT2D eigenvalue weighted by Gasteiger charge is -2.44. The summed E-state index contributed by atoms with van der Waals surface area (Å²) in [6.45, 7) is 10.9. The van der Waals surface area contributed by atoms with Gasteiger partial charge < -0.3 is 10.1 Å². The monoisotopic (exact) mass is 362 g/mol. The van der Waals surface area contributed by atoms with E-state index in [2.05, 4.69) is 24.1 Å². The van der Waals surface area contributed by atoms with Crippen LogP contribution in [0.4, 0.5) is 9.18 Å². The summed E-state index contributed by atoms with van der Waals surface area (Å²) < 4.78 is 20.1. The molecule has 1 amide bonds. The van der Waals surface area contributed by atoms with E-state index in [0.717, 1.165) is 44.5 Å². The molecule has 3 saturated heterocycles. The highest BCUT2D eigenvalue weighted by Crippen LogP contribution is 2.30. The Kier molecular flexibility index (Phi) is 5.56. The number of hydrogen-bond acceptors (Lipinski definition) is 3. The van der Waals surface area contributed by atoms with Gasteiger partial charge in [-0.05, 0) is 69.7 Å². The fraction of sp³-hybridized carbons (Fsp3) is 0.667. The van der Waals surface area contributed by atoms with Crippen molar-refractivity contribution in [3.8, 4) is 0 Å². The van der Waals surface area contributed by atoms with E-state index in [1.807, 2.05) is 26.0 Å². The molecular formula is C21H31FN2O2. The first-order chi connectivity index (χ1) is 12.2. The summed E-state index contributed by atoms with van der Waals surface area (Å²) in [7, 11) is 0. The molecule has 4 rings (SSSR count). The van der Waals surface area contributed by atoms with E-state index in [-0.39, 0.29) is 11.9 Å². The second kappa shape index (κ2) is 7.55. The van der Waals surface area contributed by atoms with Gasteiger partial charge in [-0.3, -0.25) is 4.90 Å². The van der Waals surface area contributed by atoms with E-state index in [1.54, 1.807) is 0 Å². The minimum Gasteiger partial charge on any atom is -0.445 e. The van der Waals surface area contributed by atoms with Gasteiger partial charge in [0, 0.05) is 12.1 Å². The van der Waals surface area contributed by atoms with Crippen molar-refractivity contribution in [3.05, 3.63) is 35.1 Å². The van der Waals surface area contributed by atoms with E-state index < -0.39 is 11.6 Å². The van der Waals surface area contributed by atoms with Crippen molar-refractivity contribution < 1.29 is 13.9 Å². The van der Waals surface area contributed by atoms with Crippen LogP contribution in [0, 0.1) is 17.7 Å². The number of alkyl carbamates (subject to hydrolysis) is 1.